The van der Waals surface area contributed by atoms with E-state index in [0.717, 1.165) is 13.1 Å². The first kappa shape index (κ1) is 11.4. The number of rotatable bonds is 3. The highest BCUT2D eigenvalue weighted by atomic mass is 16.6. The first-order chi connectivity index (χ1) is 7.79. The fourth-order valence-electron chi connectivity index (χ4n) is 2.32. The third-order valence-electron chi connectivity index (χ3n) is 3.31. The van der Waals surface area contributed by atoms with Crippen LogP contribution < -0.4 is 10.8 Å². The molecule has 0 saturated carbocycles. The monoisotopic (exact) mass is 220 g/mol. The molecule has 0 atom stereocenters. The average molecular weight is 220 g/mol. The summed E-state index contributed by atoms with van der Waals surface area (Å²) >= 11 is 0. The van der Waals surface area contributed by atoms with E-state index < -0.39 is 0 Å². The van der Waals surface area contributed by atoms with Crippen LogP contribution in [0.5, 0.6) is 0 Å². The second-order valence-corrected chi connectivity index (χ2v) is 4.60. The van der Waals surface area contributed by atoms with E-state index in [1.165, 1.54) is 24.1 Å². The van der Waals surface area contributed by atoms with Crippen molar-refractivity contribution in [3.8, 4) is 0 Å². The van der Waals surface area contributed by atoms with Crippen LogP contribution in [-0.4, -0.2) is 19.7 Å². The molecule has 2 rings (SSSR count). The Labute approximate surface area is 97.1 Å². The van der Waals surface area contributed by atoms with Crippen LogP contribution in [0.1, 0.15) is 18.4 Å². The topological polar surface area (TPSA) is 38.5 Å². The number of anilines is 1. The summed E-state index contributed by atoms with van der Waals surface area (Å²) in [5.41, 5.74) is 2.66. The van der Waals surface area contributed by atoms with Crippen LogP contribution in [0.15, 0.2) is 24.3 Å². The van der Waals surface area contributed by atoms with Gasteiger partial charge in [-0.25, -0.2) is 5.90 Å². The Bertz CT molecular complexity index is 332. The molecule has 1 heterocycles. The van der Waals surface area contributed by atoms with Gasteiger partial charge in [-0.15, -0.1) is 0 Å². The van der Waals surface area contributed by atoms with Gasteiger partial charge in [-0.05, 0) is 43.4 Å². The molecule has 0 spiro atoms. The first-order valence-electron chi connectivity index (χ1n) is 5.93. The van der Waals surface area contributed by atoms with Crippen LogP contribution in [-0.2, 0) is 4.84 Å². The summed E-state index contributed by atoms with van der Waals surface area (Å²) in [5, 5.41) is 0. The molecule has 1 aromatic rings. The number of aryl methyl sites for hydroxylation is 1. The minimum absolute atomic E-state index is 0.631. The molecule has 3 nitrogen and oxygen atoms in total. The fourth-order valence-corrected chi connectivity index (χ4v) is 2.32. The van der Waals surface area contributed by atoms with E-state index in [4.69, 9.17) is 10.7 Å². The van der Waals surface area contributed by atoms with E-state index in [1.54, 1.807) is 0 Å². The van der Waals surface area contributed by atoms with Gasteiger partial charge in [0, 0.05) is 18.8 Å². The van der Waals surface area contributed by atoms with Crippen molar-refractivity contribution in [1.29, 1.82) is 0 Å². The molecule has 0 amide bonds. The third-order valence-corrected chi connectivity index (χ3v) is 3.31. The molecule has 1 aliphatic heterocycles. The lowest BCUT2D eigenvalue weighted by Gasteiger charge is -2.33. The van der Waals surface area contributed by atoms with Crippen molar-refractivity contribution in [3.05, 3.63) is 29.8 Å². The van der Waals surface area contributed by atoms with Crippen LogP contribution in [0.3, 0.4) is 0 Å². The lowest BCUT2D eigenvalue weighted by molar-refractivity contribution is 0.0918. The Morgan fingerprint density at radius 3 is 2.75 bits per heavy atom. The molecular formula is C13H20N2O. The quantitative estimate of drug-likeness (QED) is 0.793. The van der Waals surface area contributed by atoms with Gasteiger partial charge in [0.15, 0.2) is 0 Å². The van der Waals surface area contributed by atoms with Crippen LogP contribution in [0.25, 0.3) is 0 Å². The lowest BCUT2D eigenvalue weighted by atomic mass is 9.97. The molecule has 0 aliphatic carbocycles. The summed E-state index contributed by atoms with van der Waals surface area (Å²) in [6, 6.07) is 8.70. The molecule has 0 radical (unpaired) electrons. The molecule has 1 fully saturated rings. The van der Waals surface area contributed by atoms with E-state index in [1.807, 2.05) is 0 Å². The zero-order valence-corrected chi connectivity index (χ0v) is 9.86. The number of benzene rings is 1. The number of hydrogen-bond donors (Lipinski definition) is 1. The van der Waals surface area contributed by atoms with Gasteiger partial charge in [0.05, 0.1) is 6.61 Å². The fraction of sp³-hybridized carbons (Fsp3) is 0.538. The third kappa shape index (κ3) is 2.74. The number of hydrogen-bond acceptors (Lipinski definition) is 3. The molecular weight excluding hydrogens is 200 g/mol. The Morgan fingerprint density at radius 1 is 1.38 bits per heavy atom. The van der Waals surface area contributed by atoms with Crippen LogP contribution in [0.2, 0.25) is 0 Å². The summed E-state index contributed by atoms with van der Waals surface area (Å²) in [7, 11) is 0. The summed E-state index contributed by atoms with van der Waals surface area (Å²) in [6.07, 6.45) is 2.34. The van der Waals surface area contributed by atoms with Gasteiger partial charge in [-0.1, -0.05) is 12.1 Å². The van der Waals surface area contributed by atoms with Crippen LogP contribution in [0.4, 0.5) is 5.69 Å². The van der Waals surface area contributed by atoms with E-state index in [9.17, 15) is 0 Å². The van der Waals surface area contributed by atoms with Gasteiger partial charge in [-0.2, -0.15) is 0 Å². The van der Waals surface area contributed by atoms with E-state index >= 15 is 0 Å². The summed E-state index contributed by atoms with van der Waals surface area (Å²) < 4.78 is 0. The van der Waals surface area contributed by atoms with Crippen molar-refractivity contribution in [1.82, 2.24) is 0 Å². The van der Waals surface area contributed by atoms with Gasteiger partial charge in [0.1, 0.15) is 0 Å². The average Bonchev–Trinajstić information content (AvgIpc) is 2.30. The first-order valence-corrected chi connectivity index (χ1v) is 5.93. The van der Waals surface area contributed by atoms with Crippen molar-refractivity contribution < 1.29 is 4.84 Å². The van der Waals surface area contributed by atoms with Crippen molar-refractivity contribution in [2.24, 2.45) is 11.8 Å². The van der Waals surface area contributed by atoms with Gasteiger partial charge in [0.25, 0.3) is 0 Å². The Morgan fingerprint density at radius 2 is 2.12 bits per heavy atom. The second-order valence-electron chi connectivity index (χ2n) is 4.60. The zero-order valence-electron chi connectivity index (χ0n) is 9.86. The SMILES string of the molecule is Cc1cccc(N2CCC(CON)CC2)c1. The molecule has 0 unspecified atom stereocenters. The smallest absolute Gasteiger partial charge is 0.0708 e. The lowest BCUT2D eigenvalue weighted by Crippen LogP contribution is -2.35. The minimum atomic E-state index is 0.631. The van der Waals surface area contributed by atoms with E-state index in [-0.39, 0.29) is 0 Å². The zero-order chi connectivity index (χ0) is 11.4. The second kappa shape index (κ2) is 5.32. The molecule has 16 heavy (non-hydrogen) atoms. The molecule has 2 N–H and O–H groups in total. The molecule has 0 aromatic heterocycles. The summed E-state index contributed by atoms with van der Waals surface area (Å²) in [6.45, 7) is 5.05. The molecule has 1 aromatic carbocycles. The van der Waals surface area contributed by atoms with Gasteiger partial charge < -0.3 is 9.74 Å². The molecule has 0 bridgehead atoms. The van der Waals surface area contributed by atoms with Crippen LogP contribution in [0, 0.1) is 12.8 Å². The highest BCUT2D eigenvalue weighted by Gasteiger charge is 2.19. The largest absolute Gasteiger partial charge is 0.372 e. The Balaban J connectivity index is 1.94. The number of nitrogens with zero attached hydrogens (tertiary/aromatic N) is 1. The predicted molar refractivity (Wildman–Crippen MR) is 66.3 cm³/mol. The molecule has 88 valence electrons. The van der Waals surface area contributed by atoms with Gasteiger partial charge in [-0.3, -0.25) is 0 Å². The normalized spacial score (nSPS) is 17.8. The standard InChI is InChI=1S/C13H20N2O/c1-11-3-2-4-13(9-11)15-7-5-12(6-8-15)10-16-14/h2-4,9,12H,5-8,10,14H2,1H3. The van der Waals surface area contributed by atoms with Crippen molar-refractivity contribution in [3.63, 3.8) is 0 Å². The van der Waals surface area contributed by atoms with Crippen molar-refractivity contribution >= 4 is 5.69 Å². The van der Waals surface area contributed by atoms with Gasteiger partial charge >= 0.3 is 0 Å². The molecule has 1 saturated heterocycles. The summed E-state index contributed by atoms with van der Waals surface area (Å²) in [4.78, 5) is 7.17. The van der Waals surface area contributed by atoms with Crippen LogP contribution >= 0.6 is 0 Å². The van der Waals surface area contributed by atoms with Crippen molar-refractivity contribution in [2.45, 2.75) is 19.8 Å². The van der Waals surface area contributed by atoms with E-state index in [0.29, 0.717) is 12.5 Å². The number of nitrogens with two attached hydrogens (primary N) is 1. The maximum Gasteiger partial charge on any atom is 0.0708 e. The predicted octanol–water partition coefficient (Wildman–Crippen LogP) is 2.10. The number of piperidine rings is 1. The molecule has 3 heteroatoms. The maximum absolute atomic E-state index is 5.11. The molecule has 1 aliphatic rings. The Hall–Kier alpha value is -1.06. The highest BCUT2D eigenvalue weighted by Crippen LogP contribution is 2.23. The highest BCUT2D eigenvalue weighted by molar-refractivity contribution is 5.48. The van der Waals surface area contributed by atoms with Crippen molar-refractivity contribution in [2.75, 3.05) is 24.6 Å². The Kier molecular flexibility index (Phi) is 3.80. The summed E-state index contributed by atoms with van der Waals surface area (Å²) in [5.74, 6) is 5.74. The van der Waals surface area contributed by atoms with Gasteiger partial charge in [0.2, 0.25) is 0 Å². The van der Waals surface area contributed by atoms with E-state index in [2.05, 4.69) is 36.1 Å². The maximum atomic E-state index is 5.11. The minimum Gasteiger partial charge on any atom is -0.372 e.